The Morgan fingerprint density at radius 3 is 1.73 bits per heavy atom. The van der Waals surface area contributed by atoms with E-state index >= 15 is 0 Å². The van der Waals surface area contributed by atoms with Crippen LogP contribution < -0.4 is 5.30 Å². The first-order chi connectivity index (χ1) is 7.13. The third kappa shape index (κ3) is 1.85. The SMILES string of the molecule is CC1C(C)C(C)P(c2ccccc2)C1C. The predicted octanol–water partition coefficient (Wildman–Crippen LogP) is 3.86. The number of hydrogen-bond donors (Lipinski definition) is 0. The minimum absolute atomic E-state index is 0.0586. The van der Waals surface area contributed by atoms with Crippen molar-refractivity contribution < 1.29 is 0 Å². The Morgan fingerprint density at radius 2 is 1.27 bits per heavy atom. The zero-order valence-electron chi connectivity index (χ0n) is 10.1. The topological polar surface area (TPSA) is 0 Å². The van der Waals surface area contributed by atoms with Crippen LogP contribution in [0, 0.1) is 11.8 Å². The zero-order valence-corrected chi connectivity index (χ0v) is 11.0. The quantitative estimate of drug-likeness (QED) is 0.630. The molecule has 4 atom stereocenters. The molecule has 2 rings (SSSR count). The molecular weight excluding hydrogens is 199 g/mol. The molecule has 4 unspecified atom stereocenters. The number of hydrogen-bond acceptors (Lipinski definition) is 0. The van der Waals surface area contributed by atoms with Crippen LogP contribution in [0.2, 0.25) is 0 Å². The van der Waals surface area contributed by atoms with E-state index < -0.39 is 0 Å². The fraction of sp³-hybridized carbons (Fsp3) is 0.571. The molecular formula is C14H21P. The molecule has 0 spiro atoms. The molecule has 1 heterocycles. The second-order valence-electron chi connectivity index (χ2n) is 4.94. The fourth-order valence-corrected chi connectivity index (χ4v) is 6.58. The van der Waals surface area contributed by atoms with E-state index in [1.807, 2.05) is 0 Å². The van der Waals surface area contributed by atoms with Crippen molar-refractivity contribution in [2.75, 3.05) is 0 Å². The lowest BCUT2D eigenvalue weighted by molar-refractivity contribution is 0.413. The summed E-state index contributed by atoms with van der Waals surface area (Å²) in [6.07, 6.45) is 0. The summed E-state index contributed by atoms with van der Waals surface area (Å²) in [5.74, 6) is 1.76. The van der Waals surface area contributed by atoms with Gasteiger partial charge in [0.15, 0.2) is 0 Å². The fourth-order valence-electron chi connectivity index (χ4n) is 2.83. The average Bonchev–Trinajstić information content (AvgIpc) is 2.45. The summed E-state index contributed by atoms with van der Waals surface area (Å²) in [5.41, 5.74) is 1.76. The maximum Gasteiger partial charge on any atom is -0.0166 e. The van der Waals surface area contributed by atoms with Crippen LogP contribution in [0.15, 0.2) is 30.3 Å². The van der Waals surface area contributed by atoms with E-state index in [4.69, 9.17) is 0 Å². The van der Waals surface area contributed by atoms with Crippen LogP contribution in [-0.2, 0) is 0 Å². The van der Waals surface area contributed by atoms with Gasteiger partial charge in [-0.1, -0.05) is 65.9 Å². The first-order valence-electron chi connectivity index (χ1n) is 5.96. The van der Waals surface area contributed by atoms with Gasteiger partial charge in [-0.05, 0) is 28.5 Å². The van der Waals surface area contributed by atoms with Gasteiger partial charge >= 0.3 is 0 Å². The molecule has 0 amide bonds. The van der Waals surface area contributed by atoms with Crippen molar-refractivity contribution in [1.29, 1.82) is 0 Å². The van der Waals surface area contributed by atoms with Crippen molar-refractivity contribution in [2.45, 2.75) is 39.0 Å². The Kier molecular flexibility index (Phi) is 3.16. The van der Waals surface area contributed by atoms with E-state index in [1.54, 1.807) is 5.30 Å². The molecule has 1 fully saturated rings. The summed E-state index contributed by atoms with van der Waals surface area (Å²) < 4.78 is 0. The highest BCUT2D eigenvalue weighted by Gasteiger charge is 2.41. The summed E-state index contributed by atoms with van der Waals surface area (Å²) in [5, 5.41) is 1.60. The van der Waals surface area contributed by atoms with Crippen LogP contribution in [0.1, 0.15) is 27.7 Å². The summed E-state index contributed by atoms with van der Waals surface area (Å²) in [7, 11) is 0.0586. The summed E-state index contributed by atoms with van der Waals surface area (Å²) in [6, 6.07) is 11.1. The Labute approximate surface area is 94.8 Å². The van der Waals surface area contributed by atoms with Gasteiger partial charge in [0.1, 0.15) is 0 Å². The highest BCUT2D eigenvalue weighted by molar-refractivity contribution is 7.67. The van der Waals surface area contributed by atoms with Gasteiger partial charge in [0.2, 0.25) is 0 Å². The van der Waals surface area contributed by atoms with Crippen LogP contribution in [-0.4, -0.2) is 11.3 Å². The lowest BCUT2D eigenvalue weighted by Gasteiger charge is -2.22. The van der Waals surface area contributed by atoms with E-state index in [1.165, 1.54) is 0 Å². The molecule has 82 valence electrons. The van der Waals surface area contributed by atoms with Gasteiger partial charge in [-0.15, -0.1) is 0 Å². The summed E-state index contributed by atoms with van der Waals surface area (Å²) >= 11 is 0. The van der Waals surface area contributed by atoms with Gasteiger partial charge in [-0.3, -0.25) is 0 Å². The van der Waals surface area contributed by atoms with Crippen molar-refractivity contribution in [3.63, 3.8) is 0 Å². The Bertz CT molecular complexity index is 305. The van der Waals surface area contributed by atoms with Crippen LogP contribution in [0.5, 0.6) is 0 Å². The molecule has 0 N–H and O–H groups in total. The van der Waals surface area contributed by atoms with Crippen molar-refractivity contribution >= 4 is 13.2 Å². The van der Waals surface area contributed by atoms with Crippen LogP contribution in [0.4, 0.5) is 0 Å². The molecule has 1 aromatic rings. The van der Waals surface area contributed by atoms with E-state index in [0.717, 1.165) is 23.2 Å². The Hall–Kier alpha value is -0.350. The van der Waals surface area contributed by atoms with Gasteiger partial charge in [-0.2, -0.15) is 0 Å². The highest BCUT2D eigenvalue weighted by atomic mass is 31.1. The molecule has 0 radical (unpaired) electrons. The maximum atomic E-state index is 2.45. The maximum absolute atomic E-state index is 2.45. The Balaban J connectivity index is 2.30. The molecule has 0 nitrogen and oxygen atoms in total. The minimum atomic E-state index is 0.0586. The molecule has 1 aliphatic rings. The van der Waals surface area contributed by atoms with E-state index in [-0.39, 0.29) is 7.92 Å². The molecule has 1 aromatic carbocycles. The monoisotopic (exact) mass is 220 g/mol. The van der Waals surface area contributed by atoms with Gasteiger partial charge in [0.25, 0.3) is 0 Å². The molecule has 15 heavy (non-hydrogen) atoms. The van der Waals surface area contributed by atoms with Crippen molar-refractivity contribution in [1.82, 2.24) is 0 Å². The van der Waals surface area contributed by atoms with Gasteiger partial charge in [-0.25, -0.2) is 0 Å². The smallest absolute Gasteiger partial charge is 0.0166 e. The first kappa shape index (κ1) is 11.1. The Morgan fingerprint density at radius 1 is 0.800 bits per heavy atom. The van der Waals surface area contributed by atoms with Gasteiger partial charge < -0.3 is 0 Å². The van der Waals surface area contributed by atoms with E-state index in [2.05, 4.69) is 58.0 Å². The van der Waals surface area contributed by atoms with Crippen LogP contribution >= 0.6 is 7.92 Å². The standard InChI is InChI=1S/C14H21P/c1-10-11(2)13(4)15(12(10)3)14-8-6-5-7-9-14/h5-13H,1-4H3. The second kappa shape index (κ2) is 4.26. The zero-order chi connectivity index (χ0) is 11.0. The average molecular weight is 220 g/mol. The third-order valence-electron chi connectivity index (χ3n) is 4.28. The molecule has 0 aromatic heterocycles. The van der Waals surface area contributed by atoms with Crippen LogP contribution in [0.25, 0.3) is 0 Å². The molecule has 0 aliphatic carbocycles. The molecule has 0 saturated carbocycles. The van der Waals surface area contributed by atoms with Crippen LogP contribution in [0.3, 0.4) is 0 Å². The lowest BCUT2D eigenvalue weighted by Crippen LogP contribution is -2.12. The van der Waals surface area contributed by atoms with E-state index in [9.17, 15) is 0 Å². The predicted molar refractivity (Wildman–Crippen MR) is 70.2 cm³/mol. The molecule has 1 aliphatic heterocycles. The first-order valence-corrected chi connectivity index (χ1v) is 7.44. The number of rotatable bonds is 1. The largest absolute Gasteiger partial charge is 0.0690 e. The van der Waals surface area contributed by atoms with Gasteiger partial charge in [0, 0.05) is 0 Å². The molecule has 0 bridgehead atoms. The number of benzene rings is 1. The lowest BCUT2D eigenvalue weighted by atomic mass is 9.92. The molecule has 1 saturated heterocycles. The summed E-state index contributed by atoms with van der Waals surface area (Å²) in [6.45, 7) is 9.75. The third-order valence-corrected chi connectivity index (χ3v) is 7.87. The minimum Gasteiger partial charge on any atom is -0.0690 e. The highest BCUT2D eigenvalue weighted by Crippen LogP contribution is 2.59. The summed E-state index contributed by atoms with van der Waals surface area (Å²) in [4.78, 5) is 0. The second-order valence-corrected chi connectivity index (χ2v) is 7.90. The van der Waals surface area contributed by atoms with E-state index in [0.29, 0.717) is 0 Å². The van der Waals surface area contributed by atoms with Crippen molar-refractivity contribution in [2.24, 2.45) is 11.8 Å². The normalized spacial score (nSPS) is 40.7. The van der Waals surface area contributed by atoms with Crippen molar-refractivity contribution in [3.05, 3.63) is 30.3 Å². The van der Waals surface area contributed by atoms with Gasteiger partial charge in [0.05, 0.1) is 0 Å². The van der Waals surface area contributed by atoms with Crippen molar-refractivity contribution in [3.8, 4) is 0 Å². The molecule has 1 heteroatoms.